The Labute approximate surface area is 216 Å². The van der Waals surface area contributed by atoms with Crippen molar-refractivity contribution in [3.8, 4) is 11.5 Å². The van der Waals surface area contributed by atoms with Gasteiger partial charge in [-0.1, -0.05) is 55.1 Å². The number of rotatable bonds is 9. The summed E-state index contributed by atoms with van der Waals surface area (Å²) >= 11 is 6.47. The van der Waals surface area contributed by atoms with Gasteiger partial charge in [0.05, 0.1) is 20.5 Å². The third kappa shape index (κ3) is 5.85. The van der Waals surface area contributed by atoms with Crippen molar-refractivity contribution in [1.82, 2.24) is 10.2 Å². The molecule has 1 N–H and O–H groups in total. The molecule has 2 amide bonds. The summed E-state index contributed by atoms with van der Waals surface area (Å²) in [5.74, 6) is 0.453. The maximum Gasteiger partial charge on any atom is 0.290 e. The number of carbonyl (C=O) groups excluding carboxylic acids is 2. The molecule has 1 saturated carbocycles. The van der Waals surface area contributed by atoms with Gasteiger partial charge in [-0.05, 0) is 54.3 Å². The van der Waals surface area contributed by atoms with Gasteiger partial charge in [0.2, 0.25) is 5.91 Å². The second-order valence-electron chi connectivity index (χ2n) is 8.86. The molecule has 0 aliphatic heterocycles. The first kappa shape index (κ1) is 25.6. The molecule has 0 spiro atoms. The van der Waals surface area contributed by atoms with Crippen LogP contribution in [0.15, 0.2) is 65.3 Å². The van der Waals surface area contributed by atoms with Gasteiger partial charge >= 0.3 is 0 Å². The van der Waals surface area contributed by atoms with Gasteiger partial charge in [0.15, 0.2) is 17.3 Å². The van der Waals surface area contributed by atoms with E-state index in [2.05, 4.69) is 5.32 Å². The average Bonchev–Trinajstić information content (AvgIpc) is 3.44. The Morgan fingerprint density at radius 1 is 1.03 bits per heavy atom. The van der Waals surface area contributed by atoms with Crippen LogP contribution in [-0.2, 0) is 11.3 Å². The van der Waals surface area contributed by atoms with Crippen LogP contribution in [0.25, 0.3) is 0 Å². The quantitative estimate of drug-likeness (QED) is 0.394. The van der Waals surface area contributed by atoms with Crippen LogP contribution in [0.1, 0.15) is 59.8 Å². The van der Waals surface area contributed by atoms with Crippen LogP contribution >= 0.6 is 11.6 Å². The number of amides is 2. The first-order chi connectivity index (χ1) is 17.5. The Kier molecular flexibility index (Phi) is 8.54. The van der Waals surface area contributed by atoms with Crippen LogP contribution in [0.3, 0.4) is 0 Å². The molecule has 0 bridgehead atoms. The Morgan fingerprint density at radius 3 is 2.44 bits per heavy atom. The molecule has 1 atom stereocenters. The number of nitrogens with one attached hydrogen (secondary N) is 1. The van der Waals surface area contributed by atoms with Gasteiger partial charge in [-0.2, -0.15) is 0 Å². The molecule has 190 valence electrons. The third-order valence-electron chi connectivity index (χ3n) is 6.53. The highest BCUT2D eigenvalue weighted by molar-refractivity contribution is 6.31. The van der Waals surface area contributed by atoms with Crippen LogP contribution < -0.4 is 14.8 Å². The maximum atomic E-state index is 13.9. The molecule has 1 heterocycles. The molecule has 2 aromatic carbocycles. The first-order valence-electron chi connectivity index (χ1n) is 12.1. The minimum Gasteiger partial charge on any atom is -0.493 e. The molecule has 4 rings (SSSR count). The monoisotopic (exact) mass is 510 g/mol. The number of halogens is 1. The van der Waals surface area contributed by atoms with Gasteiger partial charge in [0.1, 0.15) is 6.04 Å². The van der Waals surface area contributed by atoms with Gasteiger partial charge in [0, 0.05) is 17.6 Å². The fourth-order valence-electron chi connectivity index (χ4n) is 4.66. The zero-order valence-corrected chi connectivity index (χ0v) is 21.3. The van der Waals surface area contributed by atoms with E-state index in [9.17, 15) is 9.59 Å². The number of furan rings is 1. The van der Waals surface area contributed by atoms with Crippen molar-refractivity contribution in [1.29, 1.82) is 0 Å². The Hall–Kier alpha value is -3.45. The topological polar surface area (TPSA) is 81.0 Å². The fourth-order valence-corrected chi connectivity index (χ4v) is 4.85. The van der Waals surface area contributed by atoms with Crippen LogP contribution in [0.5, 0.6) is 11.5 Å². The van der Waals surface area contributed by atoms with Crippen LogP contribution in [0.2, 0.25) is 5.02 Å². The third-order valence-corrected chi connectivity index (χ3v) is 6.89. The number of hydrogen-bond donors (Lipinski definition) is 1. The van der Waals surface area contributed by atoms with E-state index in [4.69, 9.17) is 25.5 Å². The second kappa shape index (κ2) is 12.0. The Balaban J connectivity index is 1.79. The van der Waals surface area contributed by atoms with Crippen LogP contribution in [0.4, 0.5) is 0 Å². The first-order valence-corrected chi connectivity index (χ1v) is 12.5. The Bertz CT molecular complexity index is 1170. The van der Waals surface area contributed by atoms with Gasteiger partial charge in [-0.25, -0.2) is 0 Å². The summed E-state index contributed by atoms with van der Waals surface area (Å²) in [6.07, 6.45) is 6.58. The predicted octanol–water partition coefficient (Wildman–Crippen LogP) is 5.78. The van der Waals surface area contributed by atoms with Crippen molar-refractivity contribution >= 4 is 23.4 Å². The summed E-state index contributed by atoms with van der Waals surface area (Å²) in [4.78, 5) is 29.2. The second-order valence-corrected chi connectivity index (χ2v) is 9.27. The number of benzene rings is 2. The lowest BCUT2D eigenvalue weighted by Gasteiger charge is -2.33. The SMILES string of the molecule is COc1ccc([C@@H](C(=O)NC2CCCCC2)N(Cc2ccccc2Cl)C(=O)c2ccco2)cc1OC. The number of hydrogen-bond acceptors (Lipinski definition) is 5. The molecular weight excluding hydrogens is 480 g/mol. The molecule has 0 radical (unpaired) electrons. The molecule has 1 aliphatic carbocycles. The summed E-state index contributed by atoms with van der Waals surface area (Å²) in [6, 6.07) is 14.9. The summed E-state index contributed by atoms with van der Waals surface area (Å²) in [5, 5.41) is 3.70. The zero-order valence-electron chi connectivity index (χ0n) is 20.5. The van der Waals surface area contributed by atoms with Crippen molar-refractivity contribution in [2.45, 2.75) is 50.7 Å². The van der Waals surface area contributed by atoms with E-state index in [1.54, 1.807) is 43.5 Å². The van der Waals surface area contributed by atoms with Crippen LogP contribution in [-0.4, -0.2) is 37.0 Å². The van der Waals surface area contributed by atoms with Gasteiger partial charge in [-0.15, -0.1) is 0 Å². The zero-order chi connectivity index (χ0) is 25.5. The predicted molar refractivity (Wildman–Crippen MR) is 137 cm³/mol. The normalized spacial score (nSPS) is 14.6. The van der Waals surface area contributed by atoms with Crippen LogP contribution in [0, 0.1) is 0 Å². The number of carbonyl (C=O) groups is 2. The number of ether oxygens (including phenoxy) is 2. The molecule has 1 aromatic heterocycles. The van der Waals surface area contributed by atoms with Gasteiger partial charge < -0.3 is 24.1 Å². The summed E-state index contributed by atoms with van der Waals surface area (Å²) < 4.78 is 16.3. The van der Waals surface area contributed by atoms with E-state index < -0.39 is 11.9 Å². The molecule has 3 aromatic rings. The van der Waals surface area contributed by atoms with E-state index in [0.717, 1.165) is 31.2 Å². The highest BCUT2D eigenvalue weighted by atomic mass is 35.5. The van der Waals surface area contributed by atoms with Gasteiger partial charge in [-0.3, -0.25) is 9.59 Å². The summed E-state index contributed by atoms with van der Waals surface area (Å²) in [6.45, 7) is 0.107. The molecule has 8 heteroatoms. The molecule has 0 saturated heterocycles. The van der Waals surface area contributed by atoms with E-state index in [-0.39, 0.29) is 24.3 Å². The highest BCUT2D eigenvalue weighted by Crippen LogP contribution is 2.34. The number of nitrogens with zero attached hydrogens (tertiary/aromatic N) is 1. The molecule has 1 fully saturated rings. The fraction of sp³-hybridized carbons (Fsp3) is 0.357. The molecule has 0 unspecified atom stereocenters. The molecule has 7 nitrogen and oxygen atoms in total. The molecular formula is C28H31ClN2O5. The molecule has 36 heavy (non-hydrogen) atoms. The Morgan fingerprint density at radius 2 is 1.78 bits per heavy atom. The van der Waals surface area contributed by atoms with Crippen molar-refractivity contribution in [2.24, 2.45) is 0 Å². The maximum absolute atomic E-state index is 13.9. The summed E-state index contributed by atoms with van der Waals surface area (Å²) in [7, 11) is 3.09. The largest absolute Gasteiger partial charge is 0.493 e. The van der Waals surface area contributed by atoms with Gasteiger partial charge in [0.25, 0.3) is 5.91 Å². The average molecular weight is 511 g/mol. The minimum absolute atomic E-state index is 0.0646. The van der Waals surface area contributed by atoms with E-state index in [1.165, 1.54) is 24.7 Å². The van der Waals surface area contributed by atoms with Crippen molar-refractivity contribution in [3.63, 3.8) is 0 Å². The van der Waals surface area contributed by atoms with E-state index in [1.807, 2.05) is 18.2 Å². The summed E-state index contributed by atoms with van der Waals surface area (Å²) in [5.41, 5.74) is 1.31. The minimum atomic E-state index is -0.958. The highest BCUT2D eigenvalue weighted by Gasteiger charge is 2.35. The van der Waals surface area contributed by atoms with Crippen molar-refractivity contribution in [2.75, 3.05) is 14.2 Å². The smallest absolute Gasteiger partial charge is 0.290 e. The lowest BCUT2D eigenvalue weighted by Crippen LogP contribution is -2.46. The lowest BCUT2D eigenvalue weighted by atomic mass is 9.94. The van der Waals surface area contributed by atoms with E-state index >= 15 is 0 Å². The lowest BCUT2D eigenvalue weighted by molar-refractivity contribution is -0.127. The van der Waals surface area contributed by atoms with Crippen molar-refractivity contribution < 1.29 is 23.5 Å². The molecule has 1 aliphatic rings. The van der Waals surface area contributed by atoms with E-state index in [0.29, 0.717) is 22.1 Å². The number of methoxy groups -OCH3 is 2. The standard InChI is InChI=1S/C28H31ClN2O5/c1-34-23-15-14-19(17-25(23)35-2)26(27(32)30-21-10-4-3-5-11-21)31(28(33)24-13-8-16-36-24)18-20-9-6-7-12-22(20)29/h6-9,12-17,21,26H,3-5,10-11,18H2,1-2H3,(H,30,32)/t26-/m0/s1. The van der Waals surface area contributed by atoms with Crippen molar-refractivity contribution in [3.05, 3.63) is 82.8 Å².